The van der Waals surface area contributed by atoms with Crippen molar-refractivity contribution in [2.24, 2.45) is 0 Å². The molecule has 0 aliphatic heterocycles. The van der Waals surface area contributed by atoms with Crippen molar-refractivity contribution in [2.45, 2.75) is 26.4 Å². The van der Waals surface area contributed by atoms with E-state index in [1.165, 1.54) is 0 Å². The maximum Gasteiger partial charge on any atom is 0.450 e. The summed E-state index contributed by atoms with van der Waals surface area (Å²) in [6, 6.07) is 0. The van der Waals surface area contributed by atoms with Gasteiger partial charge in [0.05, 0.1) is 6.42 Å². The normalized spacial score (nSPS) is 10.8. The van der Waals surface area contributed by atoms with E-state index in [0.29, 0.717) is 5.57 Å². The van der Waals surface area contributed by atoms with Gasteiger partial charge in [0.15, 0.2) is 5.78 Å². The van der Waals surface area contributed by atoms with E-state index < -0.39 is 24.2 Å². The molecule has 0 aliphatic carbocycles. The predicted octanol–water partition coefficient (Wildman–Crippen LogP) is 2.04. The molecule has 13 heavy (non-hydrogen) atoms. The molecule has 0 aromatic rings. The minimum absolute atomic E-state index is 0.569. The van der Waals surface area contributed by atoms with Crippen LogP contribution in [-0.2, 0) is 9.59 Å². The molecular formula is C8H9F3O2. The minimum atomic E-state index is -4.91. The van der Waals surface area contributed by atoms with E-state index in [2.05, 4.69) is 0 Å². The Balaban J connectivity index is 4.25. The van der Waals surface area contributed by atoms with Gasteiger partial charge in [-0.15, -0.1) is 0 Å². The van der Waals surface area contributed by atoms with E-state index in [-0.39, 0.29) is 0 Å². The monoisotopic (exact) mass is 194 g/mol. The molecule has 0 N–H and O–H groups in total. The first-order valence-corrected chi connectivity index (χ1v) is 3.51. The van der Waals surface area contributed by atoms with Crippen molar-refractivity contribution in [1.82, 2.24) is 0 Å². The van der Waals surface area contributed by atoms with Gasteiger partial charge in [-0.3, -0.25) is 9.59 Å². The molecular weight excluding hydrogens is 185 g/mol. The Morgan fingerprint density at radius 3 is 2.00 bits per heavy atom. The van der Waals surface area contributed by atoms with Gasteiger partial charge in [-0.05, 0) is 19.9 Å². The van der Waals surface area contributed by atoms with Crippen LogP contribution in [0.5, 0.6) is 0 Å². The second kappa shape index (κ2) is 4.20. The van der Waals surface area contributed by atoms with Gasteiger partial charge in [0.25, 0.3) is 0 Å². The summed E-state index contributed by atoms with van der Waals surface area (Å²) in [4.78, 5) is 21.0. The van der Waals surface area contributed by atoms with E-state index in [1.807, 2.05) is 0 Å². The molecule has 0 bridgehead atoms. The molecule has 0 radical (unpaired) electrons. The lowest BCUT2D eigenvalue weighted by Gasteiger charge is -2.02. The zero-order chi connectivity index (χ0) is 10.6. The molecule has 0 amide bonds. The van der Waals surface area contributed by atoms with Crippen LogP contribution in [0, 0.1) is 0 Å². The summed E-state index contributed by atoms with van der Waals surface area (Å²) in [5.41, 5.74) is 0.569. The fourth-order valence-electron chi connectivity index (χ4n) is 0.631. The van der Waals surface area contributed by atoms with Crippen molar-refractivity contribution in [1.29, 1.82) is 0 Å². The van der Waals surface area contributed by atoms with Crippen molar-refractivity contribution in [2.75, 3.05) is 0 Å². The molecule has 0 aliphatic rings. The fraction of sp³-hybridized carbons (Fsp3) is 0.500. The van der Waals surface area contributed by atoms with Crippen molar-refractivity contribution in [3.8, 4) is 0 Å². The molecule has 0 aromatic carbocycles. The number of alkyl halides is 3. The average molecular weight is 194 g/mol. The molecule has 74 valence electrons. The molecule has 0 rings (SSSR count). The van der Waals surface area contributed by atoms with Gasteiger partial charge in [-0.1, -0.05) is 5.57 Å². The maximum absolute atomic E-state index is 11.6. The fourth-order valence-corrected chi connectivity index (χ4v) is 0.631. The first kappa shape index (κ1) is 11.9. The first-order chi connectivity index (χ1) is 5.73. The third-order valence-electron chi connectivity index (χ3n) is 1.10. The first-order valence-electron chi connectivity index (χ1n) is 3.51. The third kappa shape index (κ3) is 5.16. The highest BCUT2D eigenvalue weighted by Crippen LogP contribution is 2.18. The van der Waals surface area contributed by atoms with Crippen molar-refractivity contribution in [3.63, 3.8) is 0 Å². The number of carbonyl (C=O) groups is 2. The van der Waals surface area contributed by atoms with Crippen LogP contribution in [0.4, 0.5) is 13.2 Å². The van der Waals surface area contributed by atoms with E-state index >= 15 is 0 Å². The van der Waals surface area contributed by atoms with E-state index in [4.69, 9.17) is 0 Å². The van der Waals surface area contributed by atoms with Crippen LogP contribution in [-0.4, -0.2) is 17.7 Å². The largest absolute Gasteiger partial charge is 0.450 e. The lowest BCUT2D eigenvalue weighted by atomic mass is 10.1. The quantitative estimate of drug-likeness (QED) is 0.509. The molecule has 0 heterocycles. The van der Waals surface area contributed by atoms with Gasteiger partial charge in [0.1, 0.15) is 0 Å². The molecule has 2 nitrogen and oxygen atoms in total. The Kier molecular flexibility index (Phi) is 3.84. The van der Waals surface area contributed by atoms with Crippen molar-refractivity contribution >= 4 is 11.6 Å². The lowest BCUT2D eigenvalue weighted by molar-refractivity contribution is -0.171. The highest BCUT2D eigenvalue weighted by molar-refractivity contribution is 6.06. The Labute approximate surface area is 73.4 Å². The number of carbonyl (C=O) groups excluding carboxylic acids is 2. The zero-order valence-electron chi connectivity index (χ0n) is 7.23. The van der Waals surface area contributed by atoms with Gasteiger partial charge in [-0.25, -0.2) is 0 Å². The van der Waals surface area contributed by atoms with E-state index in [0.717, 1.165) is 6.08 Å². The highest BCUT2D eigenvalue weighted by Gasteiger charge is 2.38. The number of Topliss-reactive ketones (excluding diaryl/α,β-unsaturated/α-hetero) is 1. The van der Waals surface area contributed by atoms with Gasteiger partial charge in [0.2, 0.25) is 5.78 Å². The summed E-state index contributed by atoms with van der Waals surface area (Å²) < 4.78 is 34.9. The Bertz CT molecular complexity index is 247. The molecule has 0 atom stereocenters. The van der Waals surface area contributed by atoms with Crippen molar-refractivity contribution in [3.05, 3.63) is 11.6 Å². The average Bonchev–Trinajstić information content (AvgIpc) is 1.82. The van der Waals surface area contributed by atoms with Crippen LogP contribution < -0.4 is 0 Å². The van der Waals surface area contributed by atoms with E-state index in [9.17, 15) is 22.8 Å². The van der Waals surface area contributed by atoms with E-state index in [1.54, 1.807) is 13.8 Å². The number of ketones is 2. The summed E-state index contributed by atoms with van der Waals surface area (Å²) >= 11 is 0. The molecule has 0 spiro atoms. The third-order valence-corrected chi connectivity index (χ3v) is 1.10. The van der Waals surface area contributed by atoms with Crippen molar-refractivity contribution < 1.29 is 22.8 Å². The van der Waals surface area contributed by atoms with Crippen LogP contribution in [0.15, 0.2) is 11.6 Å². The van der Waals surface area contributed by atoms with Crippen LogP contribution in [0.1, 0.15) is 20.3 Å². The zero-order valence-corrected chi connectivity index (χ0v) is 7.23. The van der Waals surface area contributed by atoms with Gasteiger partial charge < -0.3 is 0 Å². The van der Waals surface area contributed by atoms with Gasteiger partial charge in [-0.2, -0.15) is 13.2 Å². The second-order valence-corrected chi connectivity index (χ2v) is 2.79. The molecule has 5 heteroatoms. The summed E-state index contributed by atoms with van der Waals surface area (Å²) in [6.45, 7) is 3.13. The highest BCUT2D eigenvalue weighted by atomic mass is 19.4. The number of allylic oxidation sites excluding steroid dienone is 2. The van der Waals surface area contributed by atoms with Gasteiger partial charge in [0, 0.05) is 0 Å². The topological polar surface area (TPSA) is 34.1 Å². The van der Waals surface area contributed by atoms with Crippen LogP contribution in [0.25, 0.3) is 0 Å². The predicted molar refractivity (Wildman–Crippen MR) is 40.1 cm³/mol. The minimum Gasteiger partial charge on any atom is -0.294 e. The number of hydrogen-bond donors (Lipinski definition) is 0. The number of hydrogen-bond acceptors (Lipinski definition) is 2. The molecule has 0 aromatic heterocycles. The summed E-state index contributed by atoms with van der Waals surface area (Å²) in [7, 11) is 0. The van der Waals surface area contributed by atoms with Gasteiger partial charge >= 0.3 is 6.18 Å². The molecule has 0 unspecified atom stereocenters. The second-order valence-electron chi connectivity index (χ2n) is 2.79. The number of rotatable bonds is 3. The standard InChI is InChI=1S/C8H9F3O2/c1-5(2)3-6(12)4-7(13)8(9,10)11/h3H,4H2,1-2H3. The number of halogens is 3. The molecule has 0 fully saturated rings. The summed E-state index contributed by atoms with van der Waals surface area (Å²) in [5, 5.41) is 0. The Hall–Kier alpha value is -1.13. The van der Waals surface area contributed by atoms with Crippen LogP contribution in [0.3, 0.4) is 0 Å². The summed E-state index contributed by atoms with van der Waals surface area (Å²) in [5.74, 6) is -2.82. The summed E-state index contributed by atoms with van der Waals surface area (Å²) in [6.07, 6.45) is -5.00. The maximum atomic E-state index is 11.6. The van der Waals surface area contributed by atoms with Crippen LogP contribution >= 0.6 is 0 Å². The molecule has 0 saturated carbocycles. The lowest BCUT2D eigenvalue weighted by Crippen LogP contribution is -2.24. The SMILES string of the molecule is CC(C)=CC(=O)CC(=O)C(F)(F)F. The van der Waals surface area contributed by atoms with Crippen LogP contribution in [0.2, 0.25) is 0 Å². The smallest absolute Gasteiger partial charge is 0.294 e. The molecule has 0 saturated heterocycles. The Morgan fingerprint density at radius 1 is 1.23 bits per heavy atom. The Morgan fingerprint density at radius 2 is 1.69 bits per heavy atom.